The zero-order valence-electron chi connectivity index (χ0n) is 20.6. The van der Waals surface area contributed by atoms with Crippen molar-refractivity contribution < 1.29 is 38.1 Å². The average molecular weight is 607 g/mol. The molecule has 4 atom stereocenters. The Morgan fingerprint density at radius 1 is 0.650 bits per heavy atom. The smallest absolute Gasteiger partial charge is 0.338 e. The van der Waals surface area contributed by atoms with Crippen LogP contribution in [-0.4, -0.2) is 58.8 Å². The summed E-state index contributed by atoms with van der Waals surface area (Å²) in [6.07, 6.45) is -5.84. The van der Waals surface area contributed by atoms with E-state index in [0.29, 0.717) is 0 Å². The fourth-order valence-corrected chi connectivity index (χ4v) is 3.84. The molecule has 1 aliphatic heterocycles. The van der Waals surface area contributed by atoms with Crippen LogP contribution in [0.5, 0.6) is 0 Å². The summed E-state index contributed by atoms with van der Waals surface area (Å²) >= 11 is 17.3. The molecule has 40 heavy (non-hydrogen) atoms. The highest BCUT2D eigenvalue weighted by Gasteiger charge is 2.50. The molecule has 0 amide bonds. The van der Waals surface area contributed by atoms with Gasteiger partial charge in [0.25, 0.3) is 3.79 Å². The molecular formula is C28H22Cl3NO8. The molecule has 9 nitrogen and oxygen atoms in total. The highest BCUT2D eigenvalue weighted by atomic mass is 35.6. The third kappa shape index (κ3) is 7.51. The van der Waals surface area contributed by atoms with Crippen LogP contribution in [0.2, 0.25) is 0 Å². The standard InChI is InChI=1S/C28H22Cl3NO8/c29-28(30,31)27(32)40-26-22(39-25(35)19-14-8-3-9-15-19)21(38-24(34)18-12-6-2-7-13-18)20(16-36-26)37-23(33)17-10-4-1-5-11-17/h1-15,20-22,26,32H,16H2/t20-,21+,22-,26?/m0/s1. The predicted molar refractivity (Wildman–Crippen MR) is 146 cm³/mol. The summed E-state index contributed by atoms with van der Waals surface area (Å²) in [5.41, 5.74) is 0.570. The second kappa shape index (κ2) is 13.1. The summed E-state index contributed by atoms with van der Waals surface area (Å²) < 4.78 is 25.9. The Balaban J connectivity index is 1.68. The van der Waals surface area contributed by atoms with E-state index < -0.39 is 52.2 Å². The minimum absolute atomic E-state index is 0.161. The number of carbonyl (C=O) groups is 3. The maximum atomic E-state index is 13.1. The first kappa shape index (κ1) is 29.4. The summed E-state index contributed by atoms with van der Waals surface area (Å²) in [7, 11) is 0. The van der Waals surface area contributed by atoms with E-state index in [1.807, 2.05) is 0 Å². The lowest BCUT2D eigenvalue weighted by Crippen LogP contribution is -2.59. The van der Waals surface area contributed by atoms with Crippen LogP contribution in [0.3, 0.4) is 0 Å². The summed E-state index contributed by atoms with van der Waals surface area (Å²) in [4.78, 5) is 39.1. The number of esters is 3. The van der Waals surface area contributed by atoms with Crippen LogP contribution in [0.1, 0.15) is 31.1 Å². The topological polar surface area (TPSA) is 121 Å². The van der Waals surface area contributed by atoms with Gasteiger partial charge in [0.15, 0.2) is 12.2 Å². The quantitative estimate of drug-likeness (QED) is 0.125. The van der Waals surface area contributed by atoms with E-state index in [1.54, 1.807) is 54.6 Å². The zero-order chi connectivity index (χ0) is 28.7. The van der Waals surface area contributed by atoms with E-state index in [4.69, 9.17) is 63.9 Å². The van der Waals surface area contributed by atoms with Crippen LogP contribution < -0.4 is 0 Å². The van der Waals surface area contributed by atoms with Gasteiger partial charge in [0.2, 0.25) is 18.3 Å². The van der Waals surface area contributed by atoms with Crippen LogP contribution in [-0.2, 0) is 23.7 Å². The lowest BCUT2D eigenvalue weighted by molar-refractivity contribution is -0.245. The van der Waals surface area contributed by atoms with E-state index in [9.17, 15) is 14.4 Å². The van der Waals surface area contributed by atoms with Crippen molar-refractivity contribution in [1.29, 1.82) is 5.41 Å². The SMILES string of the molecule is N=C(OC1OC[C@H](OC(=O)c2ccccc2)[C@@H](OC(=O)c2ccccc2)[C@@H]1OC(=O)c1ccccc1)C(Cl)(Cl)Cl. The molecule has 0 bridgehead atoms. The third-order valence-electron chi connectivity index (χ3n) is 5.65. The molecular weight excluding hydrogens is 585 g/mol. The van der Waals surface area contributed by atoms with E-state index >= 15 is 0 Å². The van der Waals surface area contributed by atoms with Gasteiger partial charge in [-0.15, -0.1) is 0 Å². The van der Waals surface area contributed by atoms with Crippen molar-refractivity contribution >= 4 is 58.6 Å². The van der Waals surface area contributed by atoms with Crippen LogP contribution in [0, 0.1) is 5.41 Å². The van der Waals surface area contributed by atoms with Crippen LogP contribution in [0.25, 0.3) is 0 Å². The number of hydrogen-bond acceptors (Lipinski definition) is 9. The molecule has 0 saturated carbocycles. The largest absolute Gasteiger partial charge is 0.452 e. The summed E-state index contributed by atoms with van der Waals surface area (Å²) in [6, 6.07) is 24.1. The molecule has 1 N–H and O–H groups in total. The molecule has 1 saturated heterocycles. The predicted octanol–water partition coefficient (Wildman–Crippen LogP) is 5.38. The number of halogens is 3. The Hall–Kier alpha value is -3.63. The average Bonchev–Trinajstić information content (AvgIpc) is 2.96. The third-order valence-corrected chi connectivity index (χ3v) is 6.16. The molecule has 0 aliphatic carbocycles. The van der Waals surface area contributed by atoms with Gasteiger partial charge in [-0.1, -0.05) is 89.4 Å². The van der Waals surface area contributed by atoms with Gasteiger partial charge >= 0.3 is 17.9 Å². The first-order valence-corrected chi connectivity index (χ1v) is 13.0. The molecule has 1 aliphatic rings. The number of nitrogens with one attached hydrogen (secondary N) is 1. The Bertz CT molecular complexity index is 1340. The first-order valence-electron chi connectivity index (χ1n) is 11.9. The van der Waals surface area contributed by atoms with Crippen molar-refractivity contribution in [1.82, 2.24) is 0 Å². The normalized spacial score (nSPS) is 20.6. The molecule has 0 radical (unpaired) electrons. The van der Waals surface area contributed by atoms with Crippen molar-refractivity contribution in [3.63, 3.8) is 0 Å². The second-order valence-electron chi connectivity index (χ2n) is 8.43. The van der Waals surface area contributed by atoms with Gasteiger partial charge in [0.1, 0.15) is 0 Å². The van der Waals surface area contributed by atoms with E-state index in [2.05, 4.69) is 0 Å². The molecule has 12 heteroatoms. The van der Waals surface area contributed by atoms with Crippen molar-refractivity contribution in [3.8, 4) is 0 Å². The number of carbonyl (C=O) groups excluding carboxylic acids is 3. The van der Waals surface area contributed by atoms with Gasteiger partial charge in [-0.3, -0.25) is 5.41 Å². The molecule has 4 rings (SSSR count). The molecule has 1 fully saturated rings. The molecule has 3 aromatic rings. The van der Waals surface area contributed by atoms with Gasteiger partial charge in [0.05, 0.1) is 23.3 Å². The number of alkyl halides is 3. The zero-order valence-corrected chi connectivity index (χ0v) is 22.8. The van der Waals surface area contributed by atoms with Gasteiger partial charge in [-0.05, 0) is 36.4 Å². The second-order valence-corrected chi connectivity index (χ2v) is 10.7. The number of benzene rings is 3. The van der Waals surface area contributed by atoms with Crippen molar-refractivity contribution in [2.45, 2.75) is 28.4 Å². The maximum Gasteiger partial charge on any atom is 0.338 e. The van der Waals surface area contributed by atoms with Crippen LogP contribution in [0.15, 0.2) is 91.0 Å². The Morgan fingerprint density at radius 3 is 1.48 bits per heavy atom. The van der Waals surface area contributed by atoms with Gasteiger partial charge < -0.3 is 23.7 Å². The van der Waals surface area contributed by atoms with Gasteiger partial charge in [0, 0.05) is 0 Å². The molecule has 1 heterocycles. The van der Waals surface area contributed by atoms with E-state index in [1.165, 1.54) is 36.4 Å². The van der Waals surface area contributed by atoms with Crippen molar-refractivity contribution in [2.24, 2.45) is 0 Å². The highest BCUT2D eigenvalue weighted by Crippen LogP contribution is 2.32. The summed E-state index contributed by atoms with van der Waals surface area (Å²) in [5, 5.41) is 8.00. The minimum Gasteiger partial charge on any atom is -0.452 e. The molecule has 1 unspecified atom stereocenters. The van der Waals surface area contributed by atoms with E-state index in [0.717, 1.165) is 0 Å². The van der Waals surface area contributed by atoms with Crippen molar-refractivity contribution in [2.75, 3.05) is 6.61 Å². The van der Waals surface area contributed by atoms with Gasteiger partial charge in [-0.2, -0.15) is 0 Å². The number of ether oxygens (including phenoxy) is 5. The first-order chi connectivity index (χ1) is 19.1. The Kier molecular flexibility index (Phi) is 9.65. The molecule has 0 aromatic heterocycles. The molecule has 0 spiro atoms. The van der Waals surface area contributed by atoms with Crippen LogP contribution in [0.4, 0.5) is 0 Å². The maximum absolute atomic E-state index is 13.1. The summed E-state index contributed by atoms with van der Waals surface area (Å²) in [5.74, 6) is -3.21. The van der Waals surface area contributed by atoms with E-state index in [-0.39, 0.29) is 23.3 Å². The fourth-order valence-electron chi connectivity index (χ4n) is 3.71. The highest BCUT2D eigenvalue weighted by molar-refractivity contribution is 6.76. The monoisotopic (exact) mass is 605 g/mol. The fraction of sp³-hybridized carbons (Fsp3) is 0.214. The van der Waals surface area contributed by atoms with Gasteiger partial charge in [-0.25, -0.2) is 14.4 Å². The minimum atomic E-state index is -2.27. The van der Waals surface area contributed by atoms with Crippen LogP contribution >= 0.6 is 34.8 Å². The lowest BCUT2D eigenvalue weighted by Gasteiger charge is -2.40. The number of rotatable bonds is 7. The molecule has 3 aromatic carbocycles. The lowest BCUT2D eigenvalue weighted by atomic mass is 10.0. The summed E-state index contributed by atoms with van der Waals surface area (Å²) in [6.45, 7) is -0.373. The Morgan fingerprint density at radius 2 is 1.05 bits per heavy atom. The molecule has 208 valence electrons. The number of hydrogen-bond donors (Lipinski definition) is 1. The van der Waals surface area contributed by atoms with Crippen molar-refractivity contribution in [3.05, 3.63) is 108 Å². The Labute approximate surface area is 244 Å².